The molecule has 6 heteroatoms. The van der Waals surface area contributed by atoms with E-state index in [0.717, 1.165) is 11.1 Å². The minimum Gasteiger partial charge on any atom is -0.358 e. The Hall–Kier alpha value is 1.58. The van der Waals surface area contributed by atoms with Crippen molar-refractivity contribution in [3.8, 4) is 0 Å². The van der Waals surface area contributed by atoms with Crippen LogP contribution in [0.5, 0.6) is 0 Å². The van der Waals surface area contributed by atoms with E-state index in [2.05, 4.69) is 30.2 Å². The van der Waals surface area contributed by atoms with E-state index in [9.17, 15) is 0 Å². The number of hydrogen-bond acceptors (Lipinski definition) is 3. The summed E-state index contributed by atoms with van der Waals surface area (Å²) in [4.78, 5) is 0. The fraction of sp³-hybridized carbons (Fsp3) is 0.750. The molecular formula is C8H21IN4Np-4. The minimum absolute atomic E-state index is 0. The SMILES string of the molecule is CC[N-]N1NNC[I-]C1CC.[CH3-].[CH3-].[Np]. The maximum absolute atomic E-state index is 4.32. The predicted molar refractivity (Wildman–Crippen MR) is 53.8 cm³/mol. The van der Waals surface area contributed by atoms with Crippen LogP contribution in [0.1, 0.15) is 20.3 Å². The Bertz CT molecular complexity index is 116. The van der Waals surface area contributed by atoms with E-state index in [-0.39, 0.29) is 66.0 Å². The summed E-state index contributed by atoms with van der Waals surface area (Å²) in [5.74, 6) is 0. The molecule has 1 aliphatic heterocycles. The van der Waals surface area contributed by atoms with Crippen molar-refractivity contribution in [2.75, 3.05) is 11.1 Å². The molecule has 0 aromatic carbocycles. The molecule has 4 nitrogen and oxygen atoms in total. The van der Waals surface area contributed by atoms with Gasteiger partial charge in [-0.05, 0) is 0 Å². The van der Waals surface area contributed by atoms with Crippen LogP contribution in [0.4, 0.5) is 0 Å². The number of nitrogens with zero attached hydrogens (tertiary/aromatic N) is 2. The van der Waals surface area contributed by atoms with Crippen LogP contribution in [0.15, 0.2) is 0 Å². The largest absolute Gasteiger partial charge is 0.358 e. The number of nitrogens with one attached hydrogen (secondary N) is 2. The molecule has 1 aliphatic rings. The van der Waals surface area contributed by atoms with E-state index < -0.39 is 0 Å². The average molecular weight is 537 g/mol. The monoisotopic (exact) mass is 536 g/mol. The number of alkyl halides is 2. The van der Waals surface area contributed by atoms with Gasteiger partial charge in [0, 0.05) is 29.9 Å². The maximum Gasteiger partial charge on any atom is 0 e. The molecule has 1 heterocycles. The van der Waals surface area contributed by atoms with Crippen LogP contribution in [-0.4, -0.2) is 20.3 Å². The molecule has 0 bridgehead atoms. The fourth-order valence-corrected chi connectivity index (χ4v) is 3.14. The van der Waals surface area contributed by atoms with Crippen LogP contribution in [0.3, 0.4) is 0 Å². The van der Waals surface area contributed by atoms with Crippen molar-refractivity contribution in [2.24, 2.45) is 0 Å². The fourth-order valence-electron chi connectivity index (χ4n) is 0.932. The van der Waals surface area contributed by atoms with Crippen LogP contribution < -0.4 is 32.2 Å². The van der Waals surface area contributed by atoms with E-state index in [4.69, 9.17) is 0 Å². The third-order valence-electron chi connectivity index (χ3n) is 1.41. The molecule has 14 heavy (non-hydrogen) atoms. The Morgan fingerprint density at radius 2 is 2.07 bits per heavy atom. The standard InChI is InChI=1S/C6H15IN4.2CH3.Np/c1-3-6-7-5-8-10-11(6)9-4-2;;;/h6,8,10H,3-5H2,1-2H3;2*1H3;/q-2;2*-1;. The second-order valence-corrected chi connectivity index (χ2v) is 5.30. The molecule has 1 saturated heterocycles. The van der Waals surface area contributed by atoms with Crippen molar-refractivity contribution >= 4 is 0 Å². The average Bonchev–Trinajstić information content (AvgIpc) is 2.06. The molecule has 1 unspecified atom stereocenters. The van der Waals surface area contributed by atoms with Crippen molar-refractivity contribution < 1.29 is 51.1 Å². The second kappa shape index (κ2) is 12.7. The van der Waals surface area contributed by atoms with E-state index >= 15 is 0 Å². The van der Waals surface area contributed by atoms with Crippen LogP contribution >= 0.6 is 0 Å². The first-order valence-electron chi connectivity index (χ1n) is 3.91. The second-order valence-electron chi connectivity index (χ2n) is 2.22. The molecule has 0 spiro atoms. The third-order valence-corrected chi connectivity index (χ3v) is 4.66. The summed E-state index contributed by atoms with van der Waals surface area (Å²) in [6.07, 6.45) is 1.20. The van der Waals surface area contributed by atoms with Gasteiger partial charge in [-0.1, -0.05) is 0 Å². The van der Waals surface area contributed by atoms with Gasteiger partial charge in [-0.15, -0.1) is 0 Å². The van der Waals surface area contributed by atoms with Crippen molar-refractivity contribution in [3.05, 3.63) is 20.3 Å². The van der Waals surface area contributed by atoms with Crippen molar-refractivity contribution in [3.63, 3.8) is 0 Å². The smallest absolute Gasteiger partial charge is 0 e. The summed E-state index contributed by atoms with van der Waals surface area (Å²) in [6, 6.07) is 0. The first-order valence-corrected chi connectivity index (χ1v) is 6.68. The first-order chi connectivity index (χ1) is 5.38. The van der Waals surface area contributed by atoms with Gasteiger partial charge in [0.2, 0.25) is 0 Å². The number of hydrogen-bond donors (Lipinski definition) is 2. The minimum atomic E-state index is 0. The zero-order chi connectivity index (χ0) is 8.10. The molecule has 1 atom stereocenters. The van der Waals surface area contributed by atoms with Crippen molar-refractivity contribution in [1.29, 1.82) is 0 Å². The maximum atomic E-state index is 4.32. The van der Waals surface area contributed by atoms with Gasteiger partial charge in [0.15, 0.2) is 0 Å². The van der Waals surface area contributed by atoms with Gasteiger partial charge in [0.25, 0.3) is 0 Å². The number of hydrazine groups is 2. The zero-order valence-corrected chi connectivity index (χ0v) is 15.3. The Labute approximate surface area is 122 Å². The molecule has 1 rings (SSSR count). The first kappa shape index (κ1) is 20.9. The molecule has 0 saturated carbocycles. The summed E-state index contributed by atoms with van der Waals surface area (Å²) in [5, 5.41) is 1.98. The van der Waals surface area contributed by atoms with Gasteiger partial charge in [0.1, 0.15) is 0 Å². The molecule has 0 aliphatic carbocycles. The normalized spacial score (nSPS) is 22.0. The number of rotatable bonds is 3. The Morgan fingerprint density at radius 3 is 2.57 bits per heavy atom. The molecule has 1 fully saturated rings. The summed E-state index contributed by atoms with van der Waals surface area (Å²) >= 11 is 0.255. The van der Waals surface area contributed by atoms with Crippen molar-refractivity contribution in [2.45, 2.75) is 24.3 Å². The number of halogens is 1. The quantitative estimate of drug-likeness (QED) is 0.196. The summed E-state index contributed by atoms with van der Waals surface area (Å²) in [6.45, 7) is 5.13. The van der Waals surface area contributed by atoms with Gasteiger partial charge in [-0.2, -0.15) is 0 Å². The molecular weight excluding hydrogens is 516 g/mol. The molecule has 89 valence electrons. The van der Waals surface area contributed by atoms with Crippen LogP contribution in [0.25, 0.3) is 5.43 Å². The Kier molecular flexibility index (Phi) is 18.9. The van der Waals surface area contributed by atoms with Crippen molar-refractivity contribution in [1.82, 2.24) is 16.1 Å². The van der Waals surface area contributed by atoms with Gasteiger partial charge >= 0.3 is 78.1 Å². The molecule has 0 aromatic heterocycles. The van der Waals surface area contributed by atoms with E-state index in [0.29, 0.717) is 4.05 Å². The Balaban J connectivity index is -0.000000403. The van der Waals surface area contributed by atoms with Gasteiger partial charge in [0.05, 0.1) is 0 Å². The third kappa shape index (κ3) is 6.96. The topological polar surface area (TPSA) is 41.4 Å². The van der Waals surface area contributed by atoms with Gasteiger partial charge < -0.3 is 14.9 Å². The summed E-state index contributed by atoms with van der Waals surface area (Å²) in [5.41, 5.74) is 10.5. The van der Waals surface area contributed by atoms with E-state index in [1.807, 2.05) is 5.12 Å². The molecule has 0 aromatic rings. The molecule has 0 amide bonds. The predicted octanol–water partition coefficient (Wildman–Crippen LogP) is -1.70. The molecule has 2 N–H and O–H groups in total. The van der Waals surface area contributed by atoms with E-state index in [1.54, 1.807) is 0 Å². The zero-order valence-electron chi connectivity index (χ0n) is 9.42. The summed E-state index contributed by atoms with van der Waals surface area (Å²) in [7, 11) is 0. The van der Waals surface area contributed by atoms with Crippen LogP contribution in [-0.2, 0) is 0 Å². The Morgan fingerprint density at radius 1 is 1.43 bits per heavy atom. The van der Waals surface area contributed by atoms with Gasteiger partial charge in [-0.25, -0.2) is 0 Å². The van der Waals surface area contributed by atoms with Gasteiger partial charge in [-0.3, -0.25) is 0 Å². The van der Waals surface area contributed by atoms with Crippen LogP contribution in [0.2, 0.25) is 0 Å². The van der Waals surface area contributed by atoms with E-state index in [1.165, 1.54) is 6.42 Å². The molecule has 1 radical (unpaired) electrons. The van der Waals surface area contributed by atoms with Crippen LogP contribution in [0, 0.1) is 44.8 Å². The summed E-state index contributed by atoms with van der Waals surface area (Å²) < 4.78 is 1.82.